The van der Waals surface area contributed by atoms with E-state index in [0.717, 1.165) is 26.1 Å². The lowest BCUT2D eigenvalue weighted by molar-refractivity contribution is -0.117. The molecule has 8 heteroatoms. The molecular formula is C33H24N2O4S2. The highest BCUT2D eigenvalue weighted by molar-refractivity contribution is 8.00. The van der Waals surface area contributed by atoms with Crippen LogP contribution in [0.15, 0.2) is 124 Å². The summed E-state index contributed by atoms with van der Waals surface area (Å²) in [5, 5.41) is 13.2. The highest BCUT2D eigenvalue weighted by Crippen LogP contribution is 2.48. The Hall–Kier alpha value is -4.53. The summed E-state index contributed by atoms with van der Waals surface area (Å²) in [4.78, 5) is 43.5. The van der Waals surface area contributed by atoms with Crippen LogP contribution in [0.4, 0.5) is 17.1 Å². The third-order valence-electron chi connectivity index (χ3n) is 6.81. The fraction of sp³-hybridized carbons (Fsp3) is 0.0606. The van der Waals surface area contributed by atoms with Crippen LogP contribution in [-0.2, 0) is 4.79 Å². The Kier molecular flexibility index (Phi) is 7.26. The van der Waals surface area contributed by atoms with E-state index in [0.29, 0.717) is 22.0 Å². The van der Waals surface area contributed by atoms with E-state index in [1.807, 2.05) is 72.5 Å². The van der Waals surface area contributed by atoms with Gasteiger partial charge in [0.1, 0.15) is 0 Å². The Morgan fingerprint density at radius 1 is 0.756 bits per heavy atom. The lowest BCUT2D eigenvalue weighted by Crippen LogP contribution is -2.34. The van der Waals surface area contributed by atoms with Crippen molar-refractivity contribution >= 4 is 69.1 Å². The summed E-state index contributed by atoms with van der Waals surface area (Å²) in [5.41, 5.74) is 2.70. The average Bonchev–Trinajstić information content (AvgIpc) is 2.99. The monoisotopic (exact) mass is 576 g/mol. The SMILES string of the molecule is CC(Sc1ccc(NC(=O)c2cccc3cccc(C(=O)O)c23)cc1)C(=O)N1c2ccccc2Sc2ccccc21. The van der Waals surface area contributed by atoms with Gasteiger partial charge in [-0.15, -0.1) is 11.8 Å². The molecule has 6 nitrogen and oxygen atoms in total. The summed E-state index contributed by atoms with van der Waals surface area (Å²) in [6, 6.07) is 33.2. The summed E-state index contributed by atoms with van der Waals surface area (Å²) >= 11 is 3.11. The van der Waals surface area contributed by atoms with Gasteiger partial charge in [-0.1, -0.05) is 60.3 Å². The first kappa shape index (κ1) is 26.7. The molecule has 1 aliphatic rings. The van der Waals surface area contributed by atoms with E-state index in [2.05, 4.69) is 5.32 Å². The molecule has 0 bridgehead atoms. The molecule has 0 spiro atoms. The number of aromatic carboxylic acids is 1. The van der Waals surface area contributed by atoms with Crippen molar-refractivity contribution < 1.29 is 19.5 Å². The Labute approximate surface area is 245 Å². The number of carboxylic acids is 1. The fourth-order valence-corrected chi connectivity index (χ4v) is 6.87. The lowest BCUT2D eigenvalue weighted by Gasteiger charge is -2.32. The standard InChI is InChI=1S/C33H24N2O4S2/c1-20(32(37)35-26-12-2-4-14-28(26)41-29-15-5-3-13-27(29)35)40-23-18-16-22(17-19-23)34-31(36)24-10-6-8-21-9-7-11-25(30(21)24)33(38)39/h2-20H,1H3,(H,34,36)(H,38,39). The van der Waals surface area contributed by atoms with E-state index >= 15 is 0 Å². The number of carbonyl (C=O) groups excluding carboxylic acids is 2. The molecule has 1 heterocycles. The topological polar surface area (TPSA) is 86.7 Å². The van der Waals surface area contributed by atoms with E-state index < -0.39 is 11.9 Å². The number of thioether (sulfide) groups is 1. The molecule has 1 atom stereocenters. The van der Waals surface area contributed by atoms with E-state index in [1.54, 1.807) is 54.2 Å². The number of hydrogen-bond donors (Lipinski definition) is 2. The molecule has 41 heavy (non-hydrogen) atoms. The summed E-state index contributed by atoms with van der Waals surface area (Å²) < 4.78 is 0. The number of amides is 2. The highest BCUT2D eigenvalue weighted by Gasteiger charge is 2.31. The average molecular weight is 577 g/mol. The van der Waals surface area contributed by atoms with Crippen LogP contribution in [0.1, 0.15) is 27.6 Å². The second kappa shape index (κ2) is 11.2. The Morgan fingerprint density at radius 3 is 1.95 bits per heavy atom. The zero-order valence-electron chi connectivity index (χ0n) is 21.9. The maximum atomic E-state index is 13.8. The molecule has 1 unspecified atom stereocenters. The number of nitrogens with one attached hydrogen (secondary N) is 1. The van der Waals surface area contributed by atoms with E-state index in [1.165, 1.54) is 17.8 Å². The maximum absolute atomic E-state index is 13.8. The number of para-hydroxylation sites is 2. The molecule has 2 amide bonds. The number of benzene rings is 5. The maximum Gasteiger partial charge on any atom is 0.336 e. The summed E-state index contributed by atoms with van der Waals surface area (Å²) in [7, 11) is 0. The van der Waals surface area contributed by atoms with Crippen molar-refractivity contribution in [2.24, 2.45) is 0 Å². The largest absolute Gasteiger partial charge is 0.478 e. The third kappa shape index (κ3) is 5.19. The first-order valence-corrected chi connectivity index (χ1v) is 14.6. The van der Waals surface area contributed by atoms with Gasteiger partial charge in [0, 0.05) is 31.3 Å². The number of fused-ring (bicyclic) bond motifs is 3. The molecule has 5 aromatic rings. The molecule has 1 aliphatic heterocycles. The molecule has 0 radical (unpaired) electrons. The van der Waals surface area contributed by atoms with Crippen LogP contribution in [0.3, 0.4) is 0 Å². The first-order chi connectivity index (χ1) is 19.9. The van der Waals surface area contributed by atoms with Crippen LogP contribution in [0.25, 0.3) is 10.8 Å². The predicted molar refractivity (Wildman–Crippen MR) is 165 cm³/mol. The van der Waals surface area contributed by atoms with Gasteiger partial charge in [0.15, 0.2) is 0 Å². The molecule has 202 valence electrons. The smallest absolute Gasteiger partial charge is 0.336 e. The van der Waals surface area contributed by atoms with Crippen LogP contribution in [0.2, 0.25) is 0 Å². The fourth-order valence-electron chi connectivity index (χ4n) is 4.90. The van der Waals surface area contributed by atoms with E-state index in [-0.39, 0.29) is 16.7 Å². The minimum Gasteiger partial charge on any atom is -0.478 e. The summed E-state index contributed by atoms with van der Waals surface area (Å²) in [6.07, 6.45) is 0. The second-order valence-corrected chi connectivity index (χ2v) is 12.0. The van der Waals surface area contributed by atoms with Gasteiger partial charge < -0.3 is 10.4 Å². The number of carboxylic acid groups (broad SMARTS) is 1. The predicted octanol–water partition coefficient (Wildman–Crippen LogP) is 8.10. The molecular weight excluding hydrogens is 553 g/mol. The van der Waals surface area contributed by atoms with Gasteiger partial charge in [-0.3, -0.25) is 14.5 Å². The molecule has 0 saturated heterocycles. The normalized spacial score (nSPS) is 12.8. The third-order valence-corrected chi connectivity index (χ3v) is 9.03. The van der Waals surface area contributed by atoms with Crippen LogP contribution in [0.5, 0.6) is 0 Å². The van der Waals surface area contributed by atoms with Gasteiger partial charge in [0.25, 0.3) is 5.91 Å². The zero-order chi connectivity index (χ0) is 28.5. The van der Waals surface area contributed by atoms with Crippen molar-refractivity contribution in [1.29, 1.82) is 0 Å². The van der Waals surface area contributed by atoms with Crippen molar-refractivity contribution in [2.75, 3.05) is 10.2 Å². The van der Waals surface area contributed by atoms with Crippen LogP contribution in [-0.4, -0.2) is 28.1 Å². The quantitative estimate of drug-likeness (QED) is 0.199. The van der Waals surface area contributed by atoms with Crippen LogP contribution >= 0.6 is 23.5 Å². The molecule has 0 aliphatic carbocycles. The van der Waals surface area contributed by atoms with Gasteiger partial charge in [-0.25, -0.2) is 4.79 Å². The van der Waals surface area contributed by atoms with E-state index in [4.69, 9.17) is 0 Å². The van der Waals surface area contributed by atoms with Gasteiger partial charge >= 0.3 is 5.97 Å². The van der Waals surface area contributed by atoms with Gasteiger partial charge in [0.2, 0.25) is 5.91 Å². The van der Waals surface area contributed by atoms with Crippen molar-refractivity contribution in [1.82, 2.24) is 0 Å². The van der Waals surface area contributed by atoms with Gasteiger partial charge in [0.05, 0.1) is 22.2 Å². The molecule has 0 fully saturated rings. The lowest BCUT2D eigenvalue weighted by atomic mass is 9.98. The minimum atomic E-state index is -1.09. The minimum absolute atomic E-state index is 0.0160. The number of hydrogen-bond acceptors (Lipinski definition) is 5. The first-order valence-electron chi connectivity index (χ1n) is 12.9. The molecule has 0 saturated carbocycles. The number of carbonyl (C=O) groups is 3. The summed E-state index contributed by atoms with van der Waals surface area (Å²) in [6.45, 7) is 1.90. The van der Waals surface area contributed by atoms with Crippen molar-refractivity contribution in [3.05, 3.63) is 120 Å². The zero-order valence-corrected chi connectivity index (χ0v) is 23.5. The Morgan fingerprint density at radius 2 is 1.34 bits per heavy atom. The Bertz CT molecular complexity index is 1770. The highest BCUT2D eigenvalue weighted by atomic mass is 32.2. The molecule has 0 aromatic heterocycles. The molecule has 6 rings (SSSR count). The van der Waals surface area contributed by atoms with Gasteiger partial charge in [-0.2, -0.15) is 0 Å². The molecule has 2 N–H and O–H groups in total. The number of nitrogens with zero attached hydrogens (tertiary/aromatic N) is 1. The van der Waals surface area contributed by atoms with Crippen LogP contribution < -0.4 is 10.2 Å². The van der Waals surface area contributed by atoms with Gasteiger partial charge in [-0.05, 0) is 73.0 Å². The molecule has 5 aromatic carbocycles. The number of rotatable bonds is 6. The second-order valence-electron chi connectivity index (χ2n) is 9.46. The summed E-state index contributed by atoms with van der Waals surface area (Å²) in [5.74, 6) is -1.50. The number of anilines is 3. The van der Waals surface area contributed by atoms with Crippen molar-refractivity contribution in [3.8, 4) is 0 Å². The Balaban J connectivity index is 1.19. The van der Waals surface area contributed by atoms with E-state index in [9.17, 15) is 19.5 Å². The van der Waals surface area contributed by atoms with Crippen molar-refractivity contribution in [2.45, 2.75) is 26.9 Å². The van der Waals surface area contributed by atoms with Crippen LogP contribution in [0, 0.1) is 0 Å². The van der Waals surface area contributed by atoms with Crippen molar-refractivity contribution in [3.63, 3.8) is 0 Å².